The van der Waals surface area contributed by atoms with E-state index in [4.69, 9.17) is 0 Å². The lowest BCUT2D eigenvalue weighted by Gasteiger charge is -2.54. The lowest BCUT2D eigenvalue weighted by atomic mass is 9.97. The van der Waals surface area contributed by atoms with Gasteiger partial charge < -0.3 is 4.90 Å². The highest BCUT2D eigenvalue weighted by molar-refractivity contribution is 6.23. The van der Waals surface area contributed by atoms with E-state index in [0.29, 0.717) is 23.2 Å². The minimum Gasteiger partial charge on any atom is -0.368 e. The topological polar surface area (TPSA) is 93.3 Å². The van der Waals surface area contributed by atoms with Gasteiger partial charge >= 0.3 is 0 Å². The molecule has 0 spiro atoms. The molecule has 1 aromatic carbocycles. The average molecular weight is 440 g/mol. The molecule has 4 aliphatic rings. The first-order valence-electron chi connectivity index (χ1n) is 11.5. The lowest BCUT2D eigenvalue weighted by Crippen LogP contribution is -2.69. The number of piperidine rings is 1. The van der Waals surface area contributed by atoms with Crippen LogP contribution in [0.2, 0.25) is 0 Å². The van der Waals surface area contributed by atoms with Gasteiger partial charge in [-0.2, -0.15) is 0 Å². The fraction of sp³-hybridized carbons (Fsp3) is 0.565. The molecular weight excluding hydrogens is 410 g/mol. The Balaban J connectivity index is 1.23. The van der Waals surface area contributed by atoms with Gasteiger partial charge in [0.2, 0.25) is 11.8 Å². The van der Waals surface area contributed by atoms with Crippen molar-refractivity contribution in [3.8, 4) is 0 Å². The van der Waals surface area contributed by atoms with Gasteiger partial charge in [0, 0.05) is 50.4 Å². The van der Waals surface area contributed by atoms with E-state index in [0.717, 1.165) is 49.9 Å². The first-order valence-corrected chi connectivity index (χ1v) is 11.5. The summed E-state index contributed by atoms with van der Waals surface area (Å²) in [5.74, 6) is -1.87. The van der Waals surface area contributed by atoms with Crippen molar-refractivity contribution in [1.82, 2.24) is 20.0 Å². The third-order valence-corrected chi connectivity index (χ3v) is 7.39. The highest BCUT2D eigenvalue weighted by atomic mass is 16.2. The standard InChI is InChI=1S/C23H29N5O4/c1-3-25(4-2)15-10-27(11-15)16-12-26(13-16)14-5-6-17-18(9-14)23(32)28(22(17)31)19-7-8-20(29)24-21(19)30/h5-6,9,15-16,19H,3-4,7-8,10-13H2,1-2H3,(H,24,29,30). The first kappa shape index (κ1) is 21.1. The summed E-state index contributed by atoms with van der Waals surface area (Å²) >= 11 is 0. The highest BCUT2D eigenvalue weighted by Crippen LogP contribution is 2.33. The molecule has 1 aromatic rings. The SMILES string of the molecule is CCN(CC)C1CN(C2CN(c3ccc4c(c3)C(=O)N(C3CCC(=O)NC3=O)C4=O)C2)C1. The summed E-state index contributed by atoms with van der Waals surface area (Å²) in [5, 5.41) is 2.23. The second-order valence-corrected chi connectivity index (χ2v) is 9.06. The van der Waals surface area contributed by atoms with Gasteiger partial charge in [0.05, 0.1) is 11.1 Å². The molecule has 170 valence electrons. The van der Waals surface area contributed by atoms with Crippen LogP contribution in [0.5, 0.6) is 0 Å². The van der Waals surface area contributed by atoms with Crippen LogP contribution in [0.3, 0.4) is 0 Å². The zero-order chi connectivity index (χ0) is 22.6. The number of imide groups is 2. The predicted molar refractivity (Wildman–Crippen MR) is 117 cm³/mol. The van der Waals surface area contributed by atoms with E-state index in [9.17, 15) is 19.2 Å². The van der Waals surface area contributed by atoms with Crippen LogP contribution in [0.4, 0.5) is 5.69 Å². The Kier molecular flexibility index (Phi) is 5.25. The number of fused-ring (bicyclic) bond motifs is 1. The summed E-state index contributed by atoms with van der Waals surface area (Å²) in [6.07, 6.45) is 0.289. The molecule has 4 aliphatic heterocycles. The normalized spacial score (nSPS) is 24.7. The second-order valence-electron chi connectivity index (χ2n) is 9.06. The molecule has 0 bridgehead atoms. The van der Waals surface area contributed by atoms with Crippen LogP contribution in [0.15, 0.2) is 18.2 Å². The number of likely N-dealkylation sites (N-methyl/N-ethyl adjacent to an activating group) is 1. The van der Waals surface area contributed by atoms with Crippen molar-refractivity contribution >= 4 is 29.3 Å². The molecule has 1 N–H and O–H groups in total. The van der Waals surface area contributed by atoms with Gasteiger partial charge in [-0.05, 0) is 37.7 Å². The third-order valence-electron chi connectivity index (χ3n) is 7.39. The number of benzene rings is 1. The Bertz CT molecular complexity index is 979. The molecule has 3 fully saturated rings. The maximum absolute atomic E-state index is 13.0. The number of anilines is 1. The van der Waals surface area contributed by atoms with E-state index >= 15 is 0 Å². The van der Waals surface area contributed by atoms with Crippen molar-refractivity contribution in [1.29, 1.82) is 0 Å². The predicted octanol–water partition coefficient (Wildman–Crippen LogP) is 0.302. The molecule has 0 aliphatic carbocycles. The monoisotopic (exact) mass is 439 g/mol. The minimum atomic E-state index is -0.929. The molecule has 0 radical (unpaired) electrons. The molecule has 3 saturated heterocycles. The molecule has 4 amide bonds. The maximum Gasteiger partial charge on any atom is 0.262 e. The van der Waals surface area contributed by atoms with Crippen LogP contribution >= 0.6 is 0 Å². The van der Waals surface area contributed by atoms with E-state index in [2.05, 4.69) is 33.9 Å². The molecule has 9 nitrogen and oxygen atoms in total. The van der Waals surface area contributed by atoms with Crippen molar-refractivity contribution < 1.29 is 19.2 Å². The van der Waals surface area contributed by atoms with Crippen molar-refractivity contribution in [2.75, 3.05) is 44.2 Å². The first-order chi connectivity index (χ1) is 15.4. The number of nitrogens with zero attached hydrogens (tertiary/aromatic N) is 4. The van der Waals surface area contributed by atoms with Gasteiger partial charge in [-0.3, -0.25) is 39.2 Å². The number of rotatable bonds is 6. The molecule has 1 atom stereocenters. The van der Waals surface area contributed by atoms with Crippen LogP contribution in [0, 0.1) is 0 Å². The lowest BCUT2D eigenvalue weighted by molar-refractivity contribution is -0.136. The number of likely N-dealkylation sites (tertiary alicyclic amines) is 1. The molecular formula is C23H29N5O4. The molecule has 1 unspecified atom stereocenters. The van der Waals surface area contributed by atoms with Gasteiger partial charge in [0.25, 0.3) is 11.8 Å². The molecule has 0 saturated carbocycles. The van der Waals surface area contributed by atoms with Gasteiger partial charge in [0.1, 0.15) is 6.04 Å². The number of hydrogen-bond acceptors (Lipinski definition) is 7. The highest BCUT2D eigenvalue weighted by Gasteiger charge is 2.45. The van der Waals surface area contributed by atoms with Crippen molar-refractivity contribution in [2.24, 2.45) is 0 Å². The van der Waals surface area contributed by atoms with Crippen LogP contribution in [-0.2, 0) is 9.59 Å². The molecule has 4 heterocycles. The molecule has 32 heavy (non-hydrogen) atoms. The number of amides is 4. The number of carbonyl (C=O) groups excluding carboxylic acids is 4. The quantitative estimate of drug-likeness (QED) is 0.638. The van der Waals surface area contributed by atoms with Crippen LogP contribution in [-0.4, -0.2) is 95.7 Å². The Morgan fingerprint density at radius 3 is 2.31 bits per heavy atom. The Hall–Kier alpha value is -2.78. The van der Waals surface area contributed by atoms with E-state index in [1.807, 2.05) is 6.07 Å². The third kappa shape index (κ3) is 3.31. The zero-order valence-corrected chi connectivity index (χ0v) is 18.5. The summed E-state index contributed by atoms with van der Waals surface area (Å²) in [7, 11) is 0. The van der Waals surface area contributed by atoms with E-state index in [1.165, 1.54) is 0 Å². The fourth-order valence-corrected chi connectivity index (χ4v) is 5.31. The van der Waals surface area contributed by atoms with Crippen LogP contribution < -0.4 is 10.2 Å². The van der Waals surface area contributed by atoms with Crippen LogP contribution in [0.1, 0.15) is 47.4 Å². The number of nitrogens with one attached hydrogen (secondary N) is 1. The van der Waals surface area contributed by atoms with Crippen molar-refractivity contribution in [3.05, 3.63) is 29.3 Å². The minimum absolute atomic E-state index is 0.121. The summed E-state index contributed by atoms with van der Waals surface area (Å²) in [4.78, 5) is 57.7. The maximum atomic E-state index is 13.0. The van der Waals surface area contributed by atoms with Gasteiger partial charge in [-0.25, -0.2) is 0 Å². The Labute approximate surface area is 187 Å². The van der Waals surface area contributed by atoms with E-state index in [1.54, 1.807) is 12.1 Å². The fourth-order valence-electron chi connectivity index (χ4n) is 5.31. The zero-order valence-electron chi connectivity index (χ0n) is 18.5. The Morgan fingerprint density at radius 1 is 0.969 bits per heavy atom. The molecule has 5 rings (SSSR count). The van der Waals surface area contributed by atoms with E-state index in [-0.39, 0.29) is 18.7 Å². The largest absolute Gasteiger partial charge is 0.368 e. The molecule has 9 heteroatoms. The second kappa shape index (κ2) is 7.97. The van der Waals surface area contributed by atoms with Crippen molar-refractivity contribution in [2.45, 2.75) is 44.8 Å². The van der Waals surface area contributed by atoms with Gasteiger partial charge in [-0.15, -0.1) is 0 Å². The smallest absolute Gasteiger partial charge is 0.262 e. The average Bonchev–Trinajstić information content (AvgIpc) is 2.95. The summed E-state index contributed by atoms with van der Waals surface area (Å²) in [6.45, 7) is 10.6. The molecule has 0 aromatic heterocycles. The van der Waals surface area contributed by atoms with Gasteiger partial charge in [-0.1, -0.05) is 13.8 Å². The van der Waals surface area contributed by atoms with Gasteiger partial charge in [0.15, 0.2) is 0 Å². The van der Waals surface area contributed by atoms with E-state index < -0.39 is 23.8 Å². The summed E-state index contributed by atoms with van der Waals surface area (Å²) in [6, 6.07) is 5.58. The number of hydrogen-bond donors (Lipinski definition) is 1. The summed E-state index contributed by atoms with van der Waals surface area (Å²) in [5.41, 5.74) is 1.59. The van der Waals surface area contributed by atoms with Crippen LogP contribution in [0.25, 0.3) is 0 Å². The van der Waals surface area contributed by atoms with Crippen molar-refractivity contribution in [3.63, 3.8) is 0 Å². The Morgan fingerprint density at radius 2 is 1.66 bits per heavy atom. The summed E-state index contributed by atoms with van der Waals surface area (Å²) < 4.78 is 0. The number of carbonyl (C=O) groups is 4.